The topological polar surface area (TPSA) is 23.5 Å². The molecule has 1 saturated heterocycles. The van der Waals surface area contributed by atoms with Gasteiger partial charge in [0.15, 0.2) is 0 Å². The van der Waals surface area contributed by atoms with Crippen LogP contribution in [0.25, 0.3) is 0 Å². The fourth-order valence-corrected chi connectivity index (χ4v) is 1.96. The van der Waals surface area contributed by atoms with Gasteiger partial charge in [0.05, 0.1) is 6.61 Å². The summed E-state index contributed by atoms with van der Waals surface area (Å²) in [7, 11) is 0. The molecular weight excluding hydrogens is 150 g/mol. The van der Waals surface area contributed by atoms with E-state index in [0.717, 1.165) is 6.42 Å². The molecule has 1 fully saturated rings. The van der Waals surface area contributed by atoms with Gasteiger partial charge in [0.2, 0.25) is 0 Å². The Morgan fingerprint density at radius 2 is 1.75 bits per heavy atom. The van der Waals surface area contributed by atoms with Crippen LogP contribution in [0.5, 0.6) is 0 Å². The molecule has 0 bridgehead atoms. The van der Waals surface area contributed by atoms with Crippen LogP contribution in [-0.2, 0) is 0 Å². The standard InChI is InChI=1S/C10H21NO/c1-2-10(9-12)11-7-5-3-4-6-8-11/h10,12H,2-9H2,1H3/t10-/m1/s1. The summed E-state index contributed by atoms with van der Waals surface area (Å²) < 4.78 is 0. The smallest absolute Gasteiger partial charge is 0.0586 e. The molecule has 0 aliphatic carbocycles. The first-order valence-electron chi connectivity index (χ1n) is 5.23. The van der Waals surface area contributed by atoms with Crippen molar-refractivity contribution in [2.24, 2.45) is 0 Å². The molecule has 0 aromatic carbocycles. The molecule has 2 heteroatoms. The third-order valence-electron chi connectivity index (χ3n) is 2.84. The summed E-state index contributed by atoms with van der Waals surface area (Å²) in [5.41, 5.74) is 0. The summed E-state index contributed by atoms with van der Waals surface area (Å²) in [5, 5.41) is 9.13. The normalized spacial score (nSPS) is 23.5. The molecule has 1 rings (SSSR count). The van der Waals surface area contributed by atoms with Crippen molar-refractivity contribution in [3.8, 4) is 0 Å². The Labute approximate surface area is 75.6 Å². The van der Waals surface area contributed by atoms with Crippen LogP contribution in [0.2, 0.25) is 0 Å². The summed E-state index contributed by atoms with van der Waals surface area (Å²) >= 11 is 0. The molecule has 2 nitrogen and oxygen atoms in total. The van der Waals surface area contributed by atoms with E-state index in [9.17, 15) is 0 Å². The minimum absolute atomic E-state index is 0.330. The number of likely N-dealkylation sites (tertiary alicyclic amines) is 1. The maximum absolute atomic E-state index is 9.13. The fourth-order valence-electron chi connectivity index (χ4n) is 1.96. The molecule has 1 N–H and O–H groups in total. The quantitative estimate of drug-likeness (QED) is 0.697. The molecule has 0 amide bonds. The van der Waals surface area contributed by atoms with E-state index in [0.29, 0.717) is 12.6 Å². The number of rotatable bonds is 3. The Bertz CT molecular complexity index is 104. The second-order valence-corrected chi connectivity index (χ2v) is 3.69. The van der Waals surface area contributed by atoms with E-state index in [2.05, 4.69) is 11.8 Å². The molecule has 0 radical (unpaired) electrons. The highest BCUT2D eigenvalue weighted by molar-refractivity contribution is 4.71. The Morgan fingerprint density at radius 1 is 1.17 bits per heavy atom. The van der Waals surface area contributed by atoms with Gasteiger partial charge in [-0.3, -0.25) is 4.90 Å². The van der Waals surface area contributed by atoms with E-state index in [4.69, 9.17) is 5.11 Å². The largest absolute Gasteiger partial charge is 0.395 e. The average molecular weight is 171 g/mol. The van der Waals surface area contributed by atoms with Gasteiger partial charge in [-0.25, -0.2) is 0 Å². The molecule has 1 atom stereocenters. The Hall–Kier alpha value is -0.0800. The van der Waals surface area contributed by atoms with Crippen molar-refractivity contribution < 1.29 is 5.11 Å². The zero-order chi connectivity index (χ0) is 8.81. The summed E-state index contributed by atoms with van der Waals surface area (Å²) in [4.78, 5) is 2.45. The molecule has 0 saturated carbocycles. The van der Waals surface area contributed by atoms with Crippen molar-refractivity contribution in [3.05, 3.63) is 0 Å². The van der Waals surface area contributed by atoms with Gasteiger partial charge in [0.1, 0.15) is 0 Å². The molecular formula is C10H21NO. The highest BCUT2D eigenvalue weighted by atomic mass is 16.3. The molecule has 0 aromatic rings. The van der Waals surface area contributed by atoms with Gasteiger partial charge >= 0.3 is 0 Å². The van der Waals surface area contributed by atoms with Gasteiger partial charge < -0.3 is 5.11 Å². The summed E-state index contributed by atoms with van der Waals surface area (Å²) in [5.74, 6) is 0. The average Bonchev–Trinajstić information content (AvgIpc) is 2.35. The lowest BCUT2D eigenvalue weighted by Gasteiger charge is -2.27. The van der Waals surface area contributed by atoms with Gasteiger partial charge in [-0.15, -0.1) is 0 Å². The number of hydrogen-bond acceptors (Lipinski definition) is 2. The molecule has 0 unspecified atom stereocenters. The first-order valence-corrected chi connectivity index (χ1v) is 5.23. The van der Waals surface area contributed by atoms with Gasteiger partial charge in [-0.05, 0) is 32.4 Å². The number of nitrogens with zero attached hydrogens (tertiary/aromatic N) is 1. The first-order chi connectivity index (χ1) is 5.88. The van der Waals surface area contributed by atoms with Crippen molar-refractivity contribution in [2.45, 2.75) is 45.1 Å². The summed E-state index contributed by atoms with van der Waals surface area (Å²) in [6.07, 6.45) is 6.46. The SMILES string of the molecule is CC[C@H](CO)N1CCCCCC1. The van der Waals surface area contributed by atoms with Crippen LogP contribution in [0, 0.1) is 0 Å². The predicted molar refractivity (Wildman–Crippen MR) is 51.2 cm³/mol. The van der Waals surface area contributed by atoms with E-state index in [1.807, 2.05) is 0 Å². The van der Waals surface area contributed by atoms with Crippen LogP contribution >= 0.6 is 0 Å². The van der Waals surface area contributed by atoms with Crippen LogP contribution in [0.15, 0.2) is 0 Å². The van der Waals surface area contributed by atoms with Crippen molar-refractivity contribution in [1.82, 2.24) is 4.90 Å². The zero-order valence-electron chi connectivity index (χ0n) is 8.13. The summed E-state index contributed by atoms with van der Waals surface area (Å²) in [6.45, 7) is 4.88. The highest BCUT2D eigenvalue weighted by Gasteiger charge is 2.16. The molecule has 1 aliphatic rings. The van der Waals surface area contributed by atoms with E-state index >= 15 is 0 Å². The molecule has 12 heavy (non-hydrogen) atoms. The van der Waals surface area contributed by atoms with Gasteiger partial charge in [-0.2, -0.15) is 0 Å². The van der Waals surface area contributed by atoms with Gasteiger partial charge in [0.25, 0.3) is 0 Å². The van der Waals surface area contributed by atoms with Gasteiger partial charge in [0, 0.05) is 6.04 Å². The van der Waals surface area contributed by atoms with Crippen LogP contribution in [-0.4, -0.2) is 35.7 Å². The number of hydrogen-bond donors (Lipinski definition) is 1. The molecule has 1 heterocycles. The third kappa shape index (κ3) is 2.76. The van der Waals surface area contributed by atoms with Crippen molar-refractivity contribution in [2.75, 3.05) is 19.7 Å². The van der Waals surface area contributed by atoms with Crippen LogP contribution < -0.4 is 0 Å². The molecule has 0 spiro atoms. The third-order valence-corrected chi connectivity index (χ3v) is 2.84. The van der Waals surface area contributed by atoms with Crippen molar-refractivity contribution in [3.63, 3.8) is 0 Å². The lowest BCUT2D eigenvalue weighted by molar-refractivity contribution is 0.123. The van der Waals surface area contributed by atoms with E-state index in [1.165, 1.54) is 38.8 Å². The molecule has 0 aromatic heterocycles. The molecule has 72 valence electrons. The Morgan fingerprint density at radius 3 is 2.17 bits per heavy atom. The Kier molecular flexibility index (Phi) is 4.62. The minimum atomic E-state index is 0.330. The van der Waals surface area contributed by atoms with Crippen LogP contribution in [0.4, 0.5) is 0 Å². The number of aliphatic hydroxyl groups excluding tert-OH is 1. The van der Waals surface area contributed by atoms with Gasteiger partial charge in [-0.1, -0.05) is 19.8 Å². The van der Waals surface area contributed by atoms with Crippen LogP contribution in [0.1, 0.15) is 39.0 Å². The lowest BCUT2D eigenvalue weighted by Crippen LogP contribution is -2.38. The number of aliphatic hydroxyl groups is 1. The monoisotopic (exact) mass is 171 g/mol. The maximum atomic E-state index is 9.13. The maximum Gasteiger partial charge on any atom is 0.0586 e. The van der Waals surface area contributed by atoms with E-state index in [-0.39, 0.29) is 0 Å². The first kappa shape index (κ1) is 10.0. The van der Waals surface area contributed by atoms with E-state index in [1.54, 1.807) is 0 Å². The van der Waals surface area contributed by atoms with Crippen LogP contribution in [0.3, 0.4) is 0 Å². The predicted octanol–water partition coefficient (Wildman–Crippen LogP) is 1.63. The van der Waals surface area contributed by atoms with E-state index < -0.39 is 0 Å². The minimum Gasteiger partial charge on any atom is -0.395 e. The Balaban J connectivity index is 2.35. The lowest BCUT2D eigenvalue weighted by atomic mass is 10.2. The second-order valence-electron chi connectivity index (χ2n) is 3.69. The fraction of sp³-hybridized carbons (Fsp3) is 1.00. The highest BCUT2D eigenvalue weighted by Crippen LogP contribution is 2.13. The summed E-state index contributed by atoms with van der Waals surface area (Å²) in [6, 6.07) is 0.420. The zero-order valence-corrected chi connectivity index (χ0v) is 8.13. The van der Waals surface area contributed by atoms with Crippen molar-refractivity contribution in [1.29, 1.82) is 0 Å². The van der Waals surface area contributed by atoms with Crippen molar-refractivity contribution >= 4 is 0 Å². The molecule has 1 aliphatic heterocycles. The second kappa shape index (κ2) is 5.55.